The van der Waals surface area contributed by atoms with E-state index in [1.165, 1.54) is 39.9 Å². The molecule has 3 rings (SSSR count). The molecule has 8 nitrogen and oxygen atoms in total. The Morgan fingerprint density at radius 3 is 2.16 bits per heavy atom. The molecule has 0 saturated heterocycles. The first-order valence-electron chi connectivity index (χ1n) is 13.3. The molecule has 2 aromatic rings. The topological polar surface area (TPSA) is 90.0 Å². The van der Waals surface area contributed by atoms with Crippen molar-refractivity contribution in [3.63, 3.8) is 0 Å². The second-order valence-electron chi connectivity index (χ2n) is 9.19. The van der Waals surface area contributed by atoms with Crippen LogP contribution in [0.25, 0.3) is 0 Å². The fourth-order valence-electron chi connectivity index (χ4n) is 4.72. The number of carbonyl (C=O) groups excluding carboxylic acids is 2. The van der Waals surface area contributed by atoms with E-state index in [0.29, 0.717) is 42.3 Å². The van der Waals surface area contributed by atoms with Gasteiger partial charge in [-0.2, -0.15) is 4.31 Å². The Hall–Kier alpha value is -2.27. The van der Waals surface area contributed by atoms with E-state index in [1.807, 2.05) is 4.90 Å². The predicted octanol–water partition coefficient (Wildman–Crippen LogP) is 4.67. The molecule has 1 aromatic carbocycles. The van der Waals surface area contributed by atoms with E-state index in [1.54, 1.807) is 13.8 Å². The van der Waals surface area contributed by atoms with Crippen LogP contribution in [-0.4, -0.2) is 73.6 Å². The highest BCUT2D eigenvalue weighted by Crippen LogP contribution is 2.38. The first-order valence-corrected chi connectivity index (χ1v) is 15.5. The van der Waals surface area contributed by atoms with E-state index in [0.717, 1.165) is 49.3 Å². The third kappa shape index (κ3) is 6.42. The van der Waals surface area contributed by atoms with Gasteiger partial charge in [0.2, 0.25) is 10.0 Å². The lowest BCUT2D eigenvalue weighted by atomic mass is 10.0. The van der Waals surface area contributed by atoms with Gasteiger partial charge in [-0.25, -0.2) is 8.42 Å². The largest absolute Gasteiger partial charge is 0.339 e. The zero-order valence-electron chi connectivity index (χ0n) is 22.7. The fourth-order valence-corrected chi connectivity index (χ4v) is 7.45. The third-order valence-corrected chi connectivity index (χ3v) is 9.95. The number of nitrogens with zero attached hydrogens (tertiary/aromatic N) is 3. The Morgan fingerprint density at radius 1 is 1.00 bits per heavy atom. The summed E-state index contributed by atoms with van der Waals surface area (Å²) >= 11 is 1.48. The van der Waals surface area contributed by atoms with Gasteiger partial charge in [-0.15, -0.1) is 11.3 Å². The number of fused-ring (bicyclic) bond motifs is 1. The molecule has 10 heteroatoms. The van der Waals surface area contributed by atoms with Crippen molar-refractivity contribution in [1.29, 1.82) is 0 Å². The van der Waals surface area contributed by atoms with E-state index in [2.05, 4.69) is 31.0 Å². The lowest BCUT2D eigenvalue weighted by molar-refractivity contribution is 0.0755. The number of anilines is 1. The number of hydrogen-bond donors (Lipinski definition) is 1. The number of hydrogen-bond acceptors (Lipinski definition) is 6. The van der Waals surface area contributed by atoms with Crippen molar-refractivity contribution < 1.29 is 18.0 Å². The summed E-state index contributed by atoms with van der Waals surface area (Å²) in [6.45, 7) is 14.5. The lowest BCUT2D eigenvalue weighted by Gasteiger charge is -2.27. The molecule has 2 amide bonds. The second kappa shape index (κ2) is 13.0. The molecule has 0 fully saturated rings. The minimum absolute atomic E-state index is 0.0258. The van der Waals surface area contributed by atoms with Crippen LogP contribution < -0.4 is 5.32 Å². The van der Waals surface area contributed by atoms with Crippen molar-refractivity contribution in [2.75, 3.05) is 44.6 Å². The predicted molar refractivity (Wildman–Crippen MR) is 150 cm³/mol. The van der Waals surface area contributed by atoms with Crippen LogP contribution in [0, 0.1) is 0 Å². The minimum atomic E-state index is -3.60. The Bertz CT molecular complexity index is 1180. The van der Waals surface area contributed by atoms with E-state index in [-0.39, 0.29) is 16.7 Å². The van der Waals surface area contributed by atoms with Crippen LogP contribution >= 0.6 is 11.3 Å². The summed E-state index contributed by atoms with van der Waals surface area (Å²) in [5.41, 5.74) is 2.01. The SMILES string of the molecule is CCCN(CCC)C(=O)c1c(NC(=O)c2ccc(S(=O)(=O)N(CC)CC)cc2)sc2c1CCN(CC)C2. The molecule has 0 atom stereocenters. The summed E-state index contributed by atoms with van der Waals surface area (Å²) in [5.74, 6) is -0.383. The summed E-state index contributed by atoms with van der Waals surface area (Å²) < 4.78 is 27.0. The zero-order chi connectivity index (χ0) is 27.2. The Kier molecular flexibility index (Phi) is 10.3. The molecule has 204 valence electrons. The Labute approximate surface area is 225 Å². The van der Waals surface area contributed by atoms with E-state index < -0.39 is 10.0 Å². The number of sulfonamides is 1. The van der Waals surface area contributed by atoms with Gasteiger partial charge in [-0.05, 0) is 55.6 Å². The van der Waals surface area contributed by atoms with Crippen molar-refractivity contribution >= 4 is 38.2 Å². The van der Waals surface area contributed by atoms with Crippen molar-refractivity contribution in [2.24, 2.45) is 0 Å². The highest BCUT2D eigenvalue weighted by molar-refractivity contribution is 7.89. The normalized spacial score (nSPS) is 14.0. The zero-order valence-corrected chi connectivity index (χ0v) is 24.3. The average Bonchev–Trinajstić information content (AvgIpc) is 3.25. The monoisotopic (exact) mass is 548 g/mol. The molecular weight excluding hydrogens is 508 g/mol. The van der Waals surface area contributed by atoms with Crippen LogP contribution in [0.15, 0.2) is 29.2 Å². The molecule has 0 spiro atoms. The van der Waals surface area contributed by atoms with Crippen LogP contribution in [-0.2, 0) is 23.0 Å². The van der Waals surface area contributed by atoms with Gasteiger partial charge in [0.1, 0.15) is 5.00 Å². The smallest absolute Gasteiger partial charge is 0.257 e. The van der Waals surface area contributed by atoms with Gasteiger partial charge >= 0.3 is 0 Å². The number of benzene rings is 1. The van der Waals surface area contributed by atoms with Gasteiger partial charge in [-0.3, -0.25) is 14.5 Å². The van der Waals surface area contributed by atoms with Crippen LogP contribution in [0.2, 0.25) is 0 Å². The molecule has 1 aromatic heterocycles. The molecule has 1 aliphatic heterocycles. The van der Waals surface area contributed by atoms with Crippen LogP contribution in [0.3, 0.4) is 0 Å². The lowest BCUT2D eigenvalue weighted by Crippen LogP contribution is -2.35. The first kappa shape index (κ1) is 29.3. The maximum atomic E-state index is 13.7. The number of carbonyl (C=O) groups is 2. The second-order valence-corrected chi connectivity index (χ2v) is 12.2. The molecule has 1 N–H and O–H groups in total. The summed E-state index contributed by atoms with van der Waals surface area (Å²) in [5, 5.41) is 3.57. The molecule has 2 heterocycles. The molecule has 0 unspecified atom stereocenters. The number of rotatable bonds is 12. The molecule has 1 aliphatic rings. The highest BCUT2D eigenvalue weighted by Gasteiger charge is 2.31. The van der Waals surface area contributed by atoms with Gasteiger partial charge in [0.25, 0.3) is 11.8 Å². The first-order chi connectivity index (χ1) is 17.7. The molecule has 37 heavy (non-hydrogen) atoms. The van der Waals surface area contributed by atoms with Crippen LogP contribution in [0.1, 0.15) is 78.6 Å². The maximum absolute atomic E-state index is 13.7. The number of amides is 2. The summed E-state index contributed by atoms with van der Waals surface area (Å²) in [7, 11) is -3.60. The average molecular weight is 549 g/mol. The quantitative estimate of drug-likeness (QED) is 0.416. The molecule has 0 bridgehead atoms. The Morgan fingerprint density at radius 2 is 1.62 bits per heavy atom. The van der Waals surface area contributed by atoms with Gasteiger partial charge < -0.3 is 10.2 Å². The van der Waals surface area contributed by atoms with Crippen molar-refractivity contribution in [1.82, 2.24) is 14.1 Å². The third-order valence-electron chi connectivity index (χ3n) is 6.76. The minimum Gasteiger partial charge on any atom is -0.339 e. The van der Waals surface area contributed by atoms with E-state index in [9.17, 15) is 18.0 Å². The fraction of sp³-hybridized carbons (Fsp3) is 0.556. The van der Waals surface area contributed by atoms with Gasteiger partial charge in [0, 0.05) is 49.7 Å². The van der Waals surface area contributed by atoms with E-state index >= 15 is 0 Å². The molecule has 0 saturated carbocycles. The number of nitrogens with one attached hydrogen (secondary N) is 1. The van der Waals surface area contributed by atoms with Crippen LogP contribution in [0.4, 0.5) is 5.00 Å². The molecule has 0 radical (unpaired) electrons. The van der Waals surface area contributed by atoms with Crippen molar-refractivity contribution in [3.8, 4) is 0 Å². The number of thiophene rings is 1. The van der Waals surface area contributed by atoms with Gasteiger partial charge in [0.15, 0.2) is 0 Å². The summed E-state index contributed by atoms with van der Waals surface area (Å²) in [4.78, 5) is 32.5. The van der Waals surface area contributed by atoms with Crippen LogP contribution in [0.5, 0.6) is 0 Å². The van der Waals surface area contributed by atoms with Gasteiger partial charge in [0.05, 0.1) is 10.5 Å². The maximum Gasteiger partial charge on any atom is 0.257 e. The van der Waals surface area contributed by atoms with Crippen molar-refractivity contribution in [2.45, 2.75) is 65.3 Å². The summed E-state index contributed by atoms with van der Waals surface area (Å²) in [6, 6.07) is 5.99. The Balaban J connectivity index is 1.92. The molecular formula is C27H40N4O4S2. The standard InChI is InChI=1S/C27H40N4O4S2/c1-6-16-30(17-7-2)27(33)24-22-15-18-29(8-3)19-23(22)36-26(24)28-25(32)20-11-13-21(14-12-20)37(34,35)31(9-4)10-5/h11-14H,6-10,15-19H2,1-5H3,(H,28,32). The molecule has 0 aliphatic carbocycles. The van der Waals surface area contributed by atoms with E-state index in [4.69, 9.17) is 0 Å². The van der Waals surface area contributed by atoms with Crippen molar-refractivity contribution in [3.05, 3.63) is 45.8 Å². The highest BCUT2D eigenvalue weighted by atomic mass is 32.2. The summed E-state index contributed by atoms with van der Waals surface area (Å²) in [6.07, 6.45) is 2.51. The number of likely N-dealkylation sites (N-methyl/N-ethyl adjacent to an activating group) is 1. The van der Waals surface area contributed by atoms with Gasteiger partial charge in [-0.1, -0.05) is 34.6 Å².